The van der Waals surface area contributed by atoms with E-state index >= 15 is 0 Å². The predicted octanol–water partition coefficient (Wildman–Crippen LogP) is 2.58. The van der Waals surface area contributed by atoms with Crippen LogP contribution in [0.4, 0.5) is 5.69 Å². The fraction of sp³-hybridized carbons (Fsp3) is 0.333. The number of allylic oxidation sites excluding steroid dienone is 1. The van der Waals surface area contributed by atoms with Crippen LogP contribution in [0.5, 0.6) is 0 Å². The number of hydrogen-bond donors (Lipinski definition) is 2. The zero-order valence-corrected chi connectivity index (χ0v) is 13.3. The van der Waals surface area contributed by atoms with Gasteiger partial charge in [0, 0.05) is 24.5 Å². The first kappa shape index (κ1) is 15.5. The van der Waals surface area contributed by atoms with Crippen LogP contribution < -0.4 is 10.6 Å². The largest absolute Gasteiger partial charge is 0.323 e. The van der Waals surface area contributed by atoms with Gasteiger partial charge in [0.1, 0.15) is 0 Å². The summed E-state index contributed by atoms with van der Waals surface area (Å²) in [6, 6.07) is 7.81. The Kier molecular flexibility index (Phi) is 4.88. The molecule has 1 aliphatic rings. The molecule has 5 heteroatoms. The monoisotopic (exact) mass is 310 g/mol. The summed E-state index contributed by atoms with van der Waals surface area (Å²) in [5, 5.41) is 10.4. The highest BCUT2D eigenvalue weighted by atomic mass is 16.1. The minimum atomic E-state index is -0.0770. The number of benzene rings is 1. The van der Waals surface area contributed by atoms with E-state index in [4.69, 9.17) is 0 Å². The molecule has 0 atom stereocenters. The summed E-state index contributed by atoms with van der Waals surface area (Å²) in [7, 11) is 1.89. The lowest BCUT2D eigenvalue weighted by Gasteiger charge is -2.19. The SMILES string of the molecule is Cn1cc(-c2cccc(NC(=O)/C=C/C3CCNCC3)c2)cn1. The molecule has 1 aliphatic heterocycles. The highest BCUT2D eigenvalue weighted by Crippen LogP contribution is 2.22. The van der Waals surface area contributed by atoms with E-state index in [0.717, 1.165) is 42.7 Å². The predicted molar refractivity (Wildman–Crippen MR) is 92.0 cm³/mol. The van der Waals surface area contributed by atoms with E-state index in [2.05, 4.69) is 15.7 Å². The number of anilines is 1. The maximum absolute atomic E-state index is 12.1. The number of hydrogen-bond acceptors (Lipinski definition) is 3. The number of nitrogens with zero attached hydrogens (tertiary/aromatic N) is 2. The Labute approximate surface area is 136 Å². The third kappa shape index (κ3) is 4.29. The lowest BCUT2D eigenvalue weighted by molar-refractivity contribution is -0.111. The number of aryl methyl sites for hydroxylation is 1. The van der Waals surface area contributed by atoms with E-state index in [1.165, 1.54) is 0 Å². The molecular weight excluding hydrogens is 288 g/mol. The number of carbonyl (C=O) groups is 1. The molecule has 0 bridgehead atoms. The average molecular weight is 310 g/mol. The lowest BCUT2D eigenvalue weighted by atomic mass is 9.98. The maximum atomic E-state index is 12.1. The molecule has 2 N–H and O–H groups in total. The summed E-state index contributed by atoms with van der Waals surface area (Å²) < 4.78 is 1.77. The van der Waals surface area contributed by atoms with Gasteiger partial charge in [-0.25, -0.2) is 0 Å². The molecule has 1 fully saturated rings. The zero-order chi connectivity index (χ0) is 16.1. The van der Waals surface area contributed by atoms with Crippen molar-refractivity contribution in [2.45, 2.75) is 12.8 Å². The molecule has 0 radical (unpaired) electrons. The van der Waals surface area contributed by atoms with Gasteiger partial charge < -0.3 is 10.6 Å². The fourth-order valence-electron chi connectivity index (χ4n) is 2.79. The van der Waals surface area contributed by atoms with Crippen LogP contribution >= 0.6 is 0 Å². The van der Waals surface area contributed by atoms with Crippen LogP contribution in [0.25, 0.3) is 11.1 Å². The van der Waals surface area contributed by atoms with Crippen LogP contribution in [-0.2, 0) is 11.8 Å². The normalized spacial score (nSPS) is 15.9. The minimum Gasteiger partial charge on any atom is -0.323 e. The van der Waals surface area contributed by atoms with Crippen molar-refractivity contribution < 1.29 is 4.79 Å². The number of nitrogens with one attached hydrogen (secondary N) is 2. The van der Waals surface area contributed by atoms with Gasteiger partial charge in [0.15, 0.2) is 0 Å². The van der Waals surface area contributed by atoms with Gasteiger partial charge in [-0.05, 0) is 55.6 Å². The van der Waals surface area contributed by atoms with Gasteiger partial charge in [-0.2, -0.15) is 5.10 Å². The summed E-state index contributed by atoms with van der Waals surface area (Å²) in [5.41, 5.74) is 2.87. The number of aromatic nitrogens is 2. The first-order chi connectivity index (χ1) is 11.2. The Bertz CT molecular complexity index is 699. The number of rotatable bonds is 4. The van der Waals surface area contributed by atoms with Crippen molar-refractivity contribution >= 4 is 11.6 Å². The highest BCUT2D eigenvalue weighted by molar-refractivity contribution is 5.99. The Morgan fingerprint density at radius 1 is 1.35 bits per heavy atom. The van der Waals surface area contributed by atoms with E-state index in [0.29, 0.717) is 5.92 Å². The topological polar surface area (TPSA) is 59.0 Å². The van der Waals surface area contributed by atoms with E-state index in [9.17, 15) is 4.79 Å². The molecule has 1 amide bonds. The molecule has 0 spiro atoms. The summed E-state index contributed by atoms with van der Waals surface area (Å²) in [5.74, 6) is 0.426. The molecule has 0 saturated carbocycles. The van der Waals surface area contributed by atoms with Crippen molar-refractivity contribution in [3.63, 3.8) is 0 Å². The second-order valence-electron chi connectivity index (χ2n) is 5.92. The van der Waals surface area contributed by atoms with Crippen molar-refractivity contribution in [1.29, 1.82) is 0 Å². The minimum absolute atomic E-state index is 0.0770. The van der Waals surface area contributed by atoms with Crippen LogP contribution in [-0.4, -0.2) is 28.8 Å². The van der Waals surface area contributed by atoms with E-state index in [-0.39, 0.29) is 5.91 Å². The molecular formula is C18H22N4O. The van der Waals surface area contributed by atoms with Crippen molar-refractivity contribution in [1.82, 2.24) is 15.1 Å². The Balaban J connectivity index is 1.63. The lowest BCUT2D eigenvalue weighted by Crippen LogP contribution is -2.26. The maximum Gasteiger partial charge on any atom is 0.248 e. The second kappa shape index (κ2) is 7.24. The van der Waals surface area contributed by atoms with Gasteiger partial charge in [0.05, 0.1) is 6.20 Å². The molecule has 120 valence electrons. The van der Waals surface area contributed by atoms with Gasteiger partial charge in [-0.15, -0.1) is 0 Å². The van der Waals surface area contributed by atoms with Crippen molar-refractivity contribution in [3.8, 4) is 11.1 Å². The van der Waals surface area contributed by atoms with E-state index in [1.807, 2.05) is 49.8 Å². The molecule has 1 saturated heterocycles. The molecule has 1 aromatic carbocycles. The third-order valence-electron chi connectivity index (χ3n) is 4.07. The second-order valence-corrected chi connectivity index (χ2v) is 5.92. The first-order valence-corrected chi connectivity index (χ1v) is 8.00. The van der Waals surface area contributed by atoms with Gasteiger partial charge in [0.25, 0.3) is 0 Å². The highest BCUT2D eigenvalue weighted by Gasteiger charge is 2.10. The Morgan fingerprint density at radius 2 is 2.17 bits per heavy atom. The number of amides is 1. The third-order valence-corrected chi connectivity index (χ3v) is 4.07. The molecule has 3 rings (SSSR count). The van der Waals surface area contributed by atoms with Crippen LogP contribution in [0.1, 0.15) is 12.8 Å². The van der Waals surface area contributed by atoms with Crippen molar-refractivity contribution in [2.24, 2.45) is 13.0 Å². The van der Waals surface area contributed by atoms with Gasteiger partial charge in [-0.1, -0.05) is 18.2 Å². The molecule has 2 heterocycles. The smallest absolute Gasteiger partial charge is 0.248 e. The zero-order valence-electron chi connectivity index (χ0n) is 13.3. The van der Waals surface area contributed by atoms with Crippen LogP contribution in [0.3, 0.4) is 0 Å². The molecule has 23 heavy (non-hydrogen) atoms. The molecule has 2 aromatic rings. The summed E-state index contributed by atoms with van der Waals surface area (Å²) >= 11 is 0. The standard InChI is InChI=1S/C18H22N4O/c1-22-13-16(12-20-22)15-3-2-4-17(11-15)21-18(23)6-5-14-7-9-19-10-8-14/h2-6,11-14,19H,7-10H2,1H3,(H,21,23)/b6-5+. The fourth-order valence-corrected chi connectivity index (χ4v) is 2.79. The molecule has 0 unspecified atom stereocenters. The average Bonchev–Trinajstić information content (AvgIpc) is 3.01. The Morgan fingerprint density at radius 3 is 2.91 bits per heavy atom. The summed E-state index contributed by atoms with van der Waals surface area (Å²) in [6.07, 6.45) is 9.66. The molecule has 5 nitrogen and oxygen atoms in total. The van der Waals surface area contributed by atoms with Gasteiger partial charge >= 0.3 is 0 Å². The first-order valence-electron chi connectivity index (χ1n) is 8.00. The van der Waals surface area contributed by atoms with Crippen LogP contribution in [0.2, 0.25) is 0 Å². The van der Waals surface area contributed by atoms with Crippen LogP contribution in [0, 0.1) is 5.92 Å². The molecule has 1 aromatic heterocycles. The van der Waals surface area contributed by atoms with Crippen molar-refractivity contribution in [2.75, 3.05) is 18.4 Å². The Hall–Kier alpha value is -2.40. The quantitative estimate of drug-likeness (QED) is 0.853. The molecule has 0 aliphatic carbocycles. The summed E-state index contributed by atoms with van der Waals surface area (Å²) in [6.45, 7) is 2.06. The van der Waals surface area contributed by atoms with Crippen LogP contribution in [0.15, 0.2) is 48.8 Å². The van der Waals surface area contributed by atoms with Gasteiger partial charge in [0.2, 0.25) is 5.91 Å². The van der Waals surface area contributed by atoms with Gasteiger partial charge in [-0.3, -0.25) is 9.48 Å². The number of carbonyl (C=O) groups excluding carboxylic acids is 1. The van der Waals surface area contributed by atoms with E-state index in [1.54, 1.807) is 10.8 Å². The summed E-state index contributed by atoms with van der Waals surface area (Å²) in [4.78, 5) is 12.1. The number of piperidine rings is 1. The van der Waals surface area contributed by atoms with E-state index < -0.39 is 0 Å². The van der Waals surface area contributed by atoms with Crippen molar-refractivity contribution in [3.05, 3.63) is 48.8 Å².